The molecular formula is C14H27NO2. The number of hydrogen-bond donors (Lipinski definition) is 2. The highest BCUT2D eigenvalue weighted by atomic mass is 16.5. The second kappa shape index (κ2) is 6.17. The Kier molecular flexibility index (Phi) is 4.83. The third kappa shape index (κ3) is 3.43. The molecule has 0 aromatic carbocycles. The van der Waals surface area contributed by atoms with Crippen LogP contribution in [0.3, 0.4) is 0 Å². The zero-order valence-electron chi connectivity index (χ0n) is 10.9. The first kappa shape index (κ1) is 13.3. The van der Waals surface area contributed by atoms with Crippen molar-refractivity contribution in [3.8, 4) is 0 Å². The van der Waals surface area contributed by atoms with Crippen molar-refractivity contribution in [2.45, 2.75) is 69.4 Å². The fraction of sp³-hybridized carbons (Fsp3) is 1.00. The maximum absolute atomic E-state index is 9.38. The smallest absolute Gasteiger partial charge is 0.0613 e. The average molecular weight is 241 g/mol. The second-order valence-electron chi connectivity index (χ2n) is 5.90. The molecule has 2 aliphatic carbocycles. The van der Waals surface area contributed by atoms with Gasteiger partial charge < -0.3 is 15.6 Å². The van der Waals surface area contributed by atoms with Crippen LogP contribution in [0.15, 0.2) is 0 Å². The summed E-state index contributed by atoms with van der Waals surface area (Å²) in [4.78, 5) is 0. The van der Waals surface area contributed by atoms with Crippen LogP contribution in [-0.2, 0) is 4.74 Å². The minimum absolute atomic E-state index is 0.126. The van der Waals surface area contributed by atoms with Gasteiger partial charge in [0.05, 0.1) is 12.7 Å². The molecule has 0 aromatic heterocycles. The molecule has 0 heterocycles. The van der Waals surface area contributed by atoms with Crippen molar-refractivity contribution in [2.24, 2.45) is 11.7 Å². The van der Waals surface area contributed by atoms with Crippen LogP contribution < -0.4 is 5.73 Å². The number of ether oxygens (including phenoxy) is 1. The molecule has 0 saturated heterocycles. The topological polar surface area (TPSA) is 55.5 Å². The fourth-order valence-corrected chi connectivity index (χ4v) is 3.42. The van der Waals surface area contributed by atoms with E-state index in [0.29, 0.717) is 12.0 Å². The van der Waals surface area contributed by atoms with Crippen LogP contribution in [-0.4, -0.2) is 30.0 Å². The lowest BCUT2D eigenvalue weighted by Crippen LogP contribution is -2.47. The van der Waals surface area contributed by atoms with Gasteiger partial charge in [0, 0.05) is 12.1 Å². The van der Waals surface area contributed by atoms with Gasteiger partial charge in [-0.1, -0.05) is 25.7 Å². The summed E-state index contributed by atoms with van der Waals surface area (Å²) in [6.45, 7) is 0.954. The van der Waals surface area contributed by atoms with Gasteiger partial charge >= 0.3 is 0 Å². The van der Waals surface area contributed by atoms with Gasteiger partial charge in [0.15, 0.2) is 0 Å². The van der Waals surface area contributed by atoms with Crippen LogP contribution in [0.2, 0.25) is 0 Å². The number of aliphatic hydroxyl groups excluding tert-OH is 1. The molecule has 3 N–H and O–H groups in total. The molecular weight excluding hydrogens is 214 g/mol. The van der Waals surface area contributed by atoms with Crippen LogP contribution in [0.1, 0.15) is 57.8 Å². The van der Waals surface area contributed by atoms with E-state index >= 15 is 0 Å². The lowest BCUT2D eigenvalue weighted by atomic mass is 9.86. The Morgan fingerprint density at radius 1 is 1.12 bits per heavy atom. The highest BCUT2D eigenvalue weighted by Crippen LogP contribution is 2.35. The molecule has 2 unspecified atom stereocenters. The molecule has 3 nitrogen and oxygen atoms in total. The molecule has 0 spiro atoms. The largest absolute Gasteiger partial charge is 0.394 e. The number of aliphatic hydroxyl groups is 1. The SMILES string of the molecule is NC1(CO)CCCC1CCOC1CCCCC1. The maximum atomic E-state index is 9.38. The van der Waals surface area contributed by atoms with E-state index in [1.54, 1.807) is 0 Å². The number of rotatable bonds is 5. The Morgan fingerprint density at radius 2 is 1.88 bits per heavy atom. The van der Waals surface area contributed by atoms with E-state index < -0.39 is 0 Å². The molecule has 2 saturated carbocycles. The van der Waals surface area contributed by atoms with Crippen LogP contribution >= 0.6 is 0 Å². The summed E-state index contributed by atoms with van der Waals surface area (Å²) < 4.78 is 5.95. The molecule has 2 atom stereocenters. The summed E-state index contributed by atoms with van der Waals surface area (Å²) in [5, 5.41) is 9.38. The molecule has 0 aromatic rings. The Balaban J connectivity index is 1.67. The second-order valence-corrected chi connectivity index (χ2v) is 5.90. The summed E-state index contributed by atoms with van der Waals surface area (Å²) in [7, 11) is 0. The Morgan fingerprint density at radius 3 is 2.59 bits per heavy atom. The lowest BCUT2D eigenvalue weighted by Gasteiger charge is -2.30. The van der Waals surface area contributed by atoms with E-state index in [0.717, 1.165) is 32.3 Å². The lowest BCUT2D eigenvalue weighted by molar-refractivity contribution is 0.0150. The molecule has 17 heavy (non-hydrogen) atoms. The molecule has 2 fully saturated rings. The molecule has 0 amide bonds. The van der Waals surface area contributed by atoms with Gasteiger partial charge in [0.1, 0.15) is 0 Å². The highest BCUT2D eigenvalue weighted by molar-refractivity contribution is 4.95. The van der Waals surface area contributed by atoms with E-state index in [1.165, 1.54) is 32.1 Å². The third-order valence-electron chi connectivity index (χ3n) is 4.67. The molecule has 0 bridgehead atoms. The van der Waals surface area contributed by atoms with Crippen LogP contribution in [0.4, 0.5) is 0 Å². The van der Waals surface area contributed by atoms with E-state index in [9.17, 15) is 5.11 Å². The first-order valence-electron chi connectivity index (χ1n) is 7.26. The van der Waals surface area contributed by atoms with Crippen molar-refractivity contribution in [3.05, 3.63) is 0 Å². The van der Waals surface area contributed by atoms with Crippen LogP contribution in [0.5, 0.6) is 0 Å². The summed E-state index contributed by atoms with van der Waals surface area (Å²) in [5.74, 6) is 0.455. The van der Waals surface area contributed by atoms with Crippen molar-refractivity contribution in [3.63, 3.8) is 0 Å². The van der Waals surface area contributed by atoms with Crippen LogP contribution in [0, 0.1) is 5.92 Å². The maximum Gasteiger partial charge on any atom is 0.0613 e. The zero-order chi connectivity index (χ0) is 12.1. The summed E-state index contributed by atoms with van der Waals surface area (Å²) >= 11 is 0. The van der Waals surface area contributed by atoms with E-state index in [4.69, 9.17) is 10.5 Å². The van der Waals surface area contributed by atoms with Gasteiger partial charge in [-0.25, -0.2) is 0 Å². The van der Waals surface area contributed by atoms with E-state index in [2.05, 4.69) is 0 Å². The molecule has 2 aliphatic rings. The third-order valence-corrected chi connectivity index (χ3v) is 4.67. The van der Waals surface area contributed by atoms with Gasteiger partial charge in [-0.05, 0) is 38.0 Å². The quantitative estimate of drug-likeness (QED) is 0.776. The Hall–Kier alpha value is -0.120. The Labute approximate surface area is 105 Å². The first-order chi connectivity index (χ1) is 8.24. The van der Waals surface area contributed by atoms with Gasteiger partial charge in [0.25, 0.3) is 0 Å². The van der Waals surface area contributed by atoms with Crippen LogP contribution in [0.25, 0.3) is 0 Å². The number of nitrogens with two attached hydrogens (primary N) is 1. The first-order valence-corrected chi connectivity index (χ1v) is 7.26. The van der Waals surface area contributed by atoms with E-state index in [-0.39, 0.29) is 12.1 Å². The van der Waals surface area contributed by atoms with Crippen molar-refractivity contribution >= 4 is 0 Å². The number of hydrogen-bond acceptors (Lipinski definition) is 3. The van der Waals surface area contributed by atoms with Gasteiger partial charge in [0.2, 0.25) is 0 Å². The monoisotopic (exact) mass is 241 g/mol. The van der Waals surface area contributed by atoms with Gasteiger partial charge in [-0.15, -0.1) is 0 Å². The minimum Gasteiger partial charge on any atom is -0.394 e. The average Bonchev–Trinajstić information content (AvgIpc) is 2.73. The van der Waals surface area contributed by atoms with Crippen molar-refractivity contribution in [1.82, 2.24) is 0 Å². The van der Waals surface area contributed by atoms with E-state index in [1.807, 2.05) is 0 Å². The predicted molar refractivity (Wildman–Crippen MR) is 68.8 cm³/mol. The fourth-order valence-electron chi connectivity index (χ4n) is 3.42. The summed E-state index contributed by atoms with van der Waals surface area (Å²) in [6, 6.07) is 0. The normalized spacial score (nSPS) is 35.3. The highest BCUT2D eigenvalue weighted by Gasteiger charge is 2.38. The van der Waals surface area contributed by atoms with Crippen molar-refractivity contribution < 1.29 is 9.84 Å². The predicted octanol–water partition coefficient (Wildman–Crippen LogP) is 2.22. The molecule has 3 heteroatoms. The van der Waals surface area contributed by atoms with Crippen molar-refractivity contribution in [1.29, 1.82) is 0 Å². The Bertz CT molecular complexity index is 228. The van der Waals surface area contributed by atoms with Gasteiger partial charge in [-0.3, -0.25) is 0 Å². The molecule has 0 radical (unpaired) electrons. The minimum atomic E-state index is -0.323. The zero-order valence-corrected chi connectivity index (χ0v) is 10.9. The van der Waals surface area contributed by atoms with Crippen molar-refractivity contribution in [2.75, 3.05) is 13.2 Å². The summed E-state index contributed by atoms with van der Waals surface area (Å²) in [5.41, 5.74) is 5.89. The summed E-state index contributed by atoms with van der Waals surface area (Å²) in [6.07, 6.45) is 11.3. The molecule has 2 rings (SSSR count). The standard InChI is InChI=1S/C14H27NO2/c15-14(11-16)9-4-5-12(14)8-10-17-13-6-2-1-3-7-13/h12-13,16H,1-11,15H2. The molecule has 0 aliphatic heterocycles. The van der Waals surface area contributed by atoms with Gasteiger partial charge in [-0.2, -0.15) is 0 Å². The molecule has 100 valence electrons.